The van der Waals surface area contributed by atoms with Gasteiger partial charge in [-0.2, -0.15) is 0 Å². The van der Waals surface area contributed by atoms with Crippen molar-refractivity contribution in [2.24, 2.45) is 0 Å². The summed E-state index contributed by atoms with van der Waals surface area (Å²) in [6.07, 6.45) is 7.68. The van der Waals surface area contributed by atoms with Crippen molar-refractivity contribution in [1.29, 1.82) is 0 Å². The lowest BCUT2D eigenvalue weighted by Gasteiger charge is -2.02. The maximum absolute atomic E-state index is 11.5. The van der Waals surface area contributed by atoms with E-state index in [4.69, 9.17) is 0 Å². The number of carbonyl (C=O) groups is 1. The van der Waals surface area contributed by atoms with Crippen molar-refractivity contribution < 1.29 is 4.79 Å². The summed E-state index contributed by atoms with van der Waals surface area (Å²) in [7, 11) is 0. The van der Waals surface area contributed by atoms with Crippen LogP contribution >= 0.6 is 0 Å². The fraction of sp³-hybridized carbons (Fsp3) is 0.300. The van der Waals surface area contributed by atoms with Gasteiger partial charge in [-0.1, -0.05) is 0 Å². The zero-order valence-electron chi connectivity index (χ0n) is 8.73. The SMILES string of the molecule is O=C(Cc1cnc[nH]1)NCCc1cnc[nH]1. The van der Waals surface area contributed by atoms with Crippen molar-refractivity contribution in [3.63, 3.8) is 0 Å². The zero-order chi connectivity index (χ0) is 11.2. The number of H-pyrrole nitrogens is 2. The number of aromatic nitrogens is 4. The quantitative estimate of drug-likeness (QED) is 0.663. The second kappa shape index (κ2) is 5.11. The Hall–Kier alpha value is -2.11. The second-order valence-electron chi connectivity index (χ2n) is 3.43. The number of nitrogens with one attached hydrogen (secondary N) is 3. The minimum Gasteiger partial charge on any atom is -0.355 e. The average molecular weight is 219 g/mol. The number of imidazole rings is 2. The molecule has 6 heteroatoms. The third kappa shape index (κ3) is 2.94. The first-order valence-electron chi connectivity index (χ1n) is 5.06. The van der Waals surface area contributed by atoms with Crippen LogP contribution in [-0.4, -0.2) is 32.4 Å². The van der Waals surface area contributed by atoms with Crippen molar-refractivity contribution in [3.8, 4) is 0 Å². The van der Waals surface area contributed by atoms with Crippen molar-refractivity contribution in [2.75, 3.05) is 6.54 Å². The van der Waals surface area contributed by atoms with E-state index >= 15 is 0 Å². The van der Waals surface area contributed by atoms with Crippen LogP contribution in [0.4, 0.5) is 0 Å². The van der Waals surface area contributed by atoms with E-state index in [1.54, 1.807) is 25.0 Å². The summed E-state index contributed by atoms with van der Waals surface area (Å²) in [6.45, 7) is 0.606. The maximum Gasteiger partial charge on any atom is 0.226 e. The van der Waals surface area contributed by atoms with Gasteiger partial charge in [-0.25, -0.2) is 9.97 Å². The van der Waals surface area contributed by atoms with Crippen LogP contribution in [0, 0.1) is 0 Å². The highest BCUT2D eigenvalue weighted by molar-refractivity contribution is 5.77. The van der Waals surface area contributed by atoms with E-state index in [1.165, 1.54) is 0 Å². The molecule has 0 spiro atoms. The fourth-order valence-corrected chi connectivity index (χ4v) is 1.37. The predicted octanol–water partition coefficient (Wildman–Crippen LogP) is 0.0342. The molecule has 1 amide bonds. The molecule has 2 rings (SSSR count). The number of rotatable bonds is 5. The summed E-state index contributed by atoms with van der Waals surface area (Å²) < 4.78 is 0. The number of aromatic amines is 2. The molecule has 0 aliphatic heterocycles. The summed E-state index contributed by atoms with van der Waals surface area (Å²) in [6, 6.07) is 0. The molecule has 0 saturated carbocycles. The topological polar surface area (TPSA) is 86.5 Å². The van der Waals surface area contributed by atoms with Crippen LogP contribution in [0.25, 0.3) is 0 Å². The molecular formula is C10H13N5O. The van der Waals surface area contributed by atoms with E-state index in [9.17, 15) is 4.79 Å². The lowest BCUT2D eigenvalue weighted by atomic mass is 10.3. The Balaban J connectivity index is 1.68. The molecule has 6 nitrogen and oxygen atoms in total. The third-order valence-electron chi connectivity index (χ3n) is 2.18. The van der Waals surface area contributed by atoms with E-state index in [0.717, 1.165) is 17.8 Å². The van der Waals surface area contributed by atoms with Gasteiger partial charge in [0.05, 0.1) is 19.1 Å². The summed E-state index contributed by atoms with van der Waals surface area (Å²) >= 11 is 0. The molecule has 0 unspecified atom stereocenters. The van der Waals surface area contributed by atoms with Crippen molar-refractivity contribution in [2.45, 2.75) is 12.8 Å². The van der Waals surface area contributed by atoms with Gasteiger partial charge in [-0.15, -0.1) is 0 Å². The van der Waals surface area contributed by atoms with Gasteiger partial charge in [0, 0.05) is 36.7 Å². The van der Waals surface area contributed by atoms with E-state index in [1.807, 2.05) is 0 Å². The standard InChI is InChI=1S/C10H13N5O/c16-10(3-9-5-12-7-15-9)13-2-1-8-4-11-6-14-8/h4-7H,1-3H2,(H,11,14)(H,12,15)(H,13,16). The lowest BCUT2D eigenvalue weighted by molar-refractivity contribution is -0.120. The summed E-state index contributed by atoms with van der Waals surface area (Å²) in [4.78, 5) is 25.1. The van der Waals surface area contributed by atoms with Crippen LogP contribution in [0.15, 0.2) is 25.0 Å². The predicted molar refractivity (Wildman–Crippen MR) is 57.6 cm³/mol. The highest BCUT2D eigenvalue weighted by Gasteiger charge is 2.03. The Kier molecular flexibility index (Phi) is 3.32. The van der Waals surface area contributed by atoms with Crippen LogP contribution < -0.4 is 5.32 Å². The van der Waals surface area contributed by atoms with Crippen LogP contribution in [0.1, 0.15) is 11.4 Å². The van der Waals surface area contributed by atoms with Crippen molar-refractivity contribution in [3.05, 3.63) is 36.4 Å². The molecular weight excluding hydrogens is 206 g/mol. The summed E-state index contributed by atoms with van der Waals surface area (Å²) in [5, 5.41) is 2.82. The molecule has 0 atom stereocenters. The largest absolute Gasteiger partial charge is 0.355 e. The molecule has 0 aliphatic carbocycles. The van der Waals surface area contributed by atoms with E-state index in [2.05, 4.69) is 25.3 Å². The highest BCUT2D eigenvalue weighted by atomic mass is 16.1. The fourth-order valence-electron chi connectivity index (χ4n) is 1.37. The van der Waals surface area contributed by atoms with Crippen LogP contribution in [0.2, 0.25) is 0 Å². The van der Waals surface area contributed by atoms with Crippen molar-refractivity contribution in [1.82, 2.24) is 25.3 Å². The molecule has 84 valence electrons. The molecule has 0 radical (unpaired) electrons. The number of amides is 1. The monoisotopic (exact) mass is 219 g/mol. The number of nitrogens with zero attached hydrogens (tertiary/aromatic N) is 2. The van der Waals surface area contributed by atoms with Gasteiger partial charge in [0.2, 0.25) is 5.91 Å². The van der Waals surface area contributed by atoms with Crippen LogP contribution in [0.5, 0.6) is 0 Å². The zero-order valence-corrected chi connectivity index (χ0v) is 8.73. The van der Waals surface area contributed by atoms with Gasteiger partial charge in [-0.05, 0) is 0 Å². The molecule has 0 aliphatic rings. The molecule has 0 aromatic carbocycles. The lowest BCUT2D eigenvalue weighted by Crippen LogP contribution is -2.27. The van der Waals surface area contributed by atoms with Gasteiger partial charge in [0.25, 0.3) is 0 Å². The van der Waals surface area contributed by atoms with E-state index in [0.29, 0.717) is 13.0 Å². The van der Waals surface area contributed by atoms with Gasteiger partial charge < -0.3 is 15.3 Å². The Labute approximate surface area is 92.5 Å². The minimum atomic E-state index is -0.0104. The normalized spacial score (nSPS) is 10.2. The molecule has 2 aromatic rings. The van der Waals surface area contributed by atoms with Crippen LogP contribution in [0.3, 0.4) is 0 Å². The Morgan fingerprint density at radius 2 is 1.88 bits per heavy atom. The molecule has 16 heavy (non-hydrogen) atoms. The van der Waals surface area contributed by atoms with Gasteiger partial charge in [0.1, 0.15) is 0 Å². The molecule has 0 bridgehead atoms. The van der Waals surface area contributed by atoms with E-state index < -0.39 is 0 Å². The number of carbonyl (C=O) groups excluding carboxylic acids is 1. The summed E-state index contributed by atoms with van der Waals surface area (Å²) in [5.74, 6) is -0.0104. The first-order chi connectivity index (χ1) is 7.84. The maximum atomic E-state index is 11.5. The van der Waals surface area contributed by atoms with Gasteiger partial charge >= 0.3 is 0 Å². The molecule has 3 N–H and O–H groups in total. The molecule has 2 aromatic heterocycles. The van der Waals surface area contributed by atoms with Crippen molar-refractivity contribution >= 4 is 5.91 Å². The minimum absolute atomic E-state index is 0.0104. The van der Waals surface area contributed by atoms with Gasteiger partial charge in [-0.3, -0.25) is 4.79 Å². The highest BCUT2D eigenvalue weighted by Crippen LogP contribution is 1.93. The third-order valence-corrected chi connectivity index (χ3v) is 2.18. The molecule has 0 fully saturated rings. The smallest absolute Gasteiger partial charge is 0.226 e. The Bertz CT molecular complexity index is 420. The Morgan fingerprint density at radius 3 is 2.50 bits per heavy atom. The first kappa shape index (κ1) is 10.4. The Morgan fingerprint density at radius 1 is 1.19 bits per heavy atom. The number of hydrogen-bond acceptors (Lipinski definition) is 3. The second-order valence-corrected chi connectivity index (χ2v) is 3.43. The summed E-state index contributed by atoms with van der Waals surface area (Å²) in [5.41, 5.74) is 1.83. The molecule has 2 heterocycles. The average Bonchev–Trinajstić information content (AvgIpc) is 2.90. The molecule has 0 saturated heterocycles. The van der Waals surface area contributed by atoms with Crippen LogP contribution in [-0.2, 0) is 17.6 Å². The van der Waals surface area contributed by atoms with Gasteiger partial charge in [0.15, 0.2) is 0 Å². The van der Waals surface area contributed by atoms with E-state index in [-0.39, 0.29) is 5.91 Å². The first-order valence-corrected chi connectivity index (χ1v) is 5.06. The number of hydrogen-bond donors (Lipinski definition) is 3.